The molecule has 3 heteroatoms. The first-order valence-corrected chi connectivity index (χ1v) is 6.91. The summed E-state index contributed by atoms with van der Waals surface area (Å²) in [7, 11) is 0. The van der Waals surface area contributed by atoms with Crippen LogP contribution in [0.4, 0.5) is 0 Å². The minimum atomic E-state index is 0.752. The summed E-state index contributed by atoms with van der Waals surface area (Å²) in [5.74, 6) is 0.974. The number of imidazole rings is 1. The van der Waals surface area contributed by atoms with Gasteiger partial charge in [0.2, 0.25) is 0 Å². The van der Waals surface area contributed by atoms with Gasteiger partial charge in [0.25, 0.3) is 0 Å². The third-order valence-electron chi connectivity index (χ3n) is 3.05. The number of rotatable bonds is 3. The molecule has 3 aromatic rings. The summed E-state index contributed by atoms with van der Waals surface area (Å²) >= 11 is 3.51. The summed E-state index contributed by atoms with van der Waals surface area (Å²) in [5.41, 5.74) is 3.25. The zero-order chi connectivity index (χ0) is 13.2. The molecule has 0 fully saturated rings. The van der Waals surface area contributed by atoms with Crippen molar-refractivity contribution in [3.63, 3.8) is 0 Å². The minimum Gasteiger partial charge on any atom is -0.320 e. The Balaban J connectivity index is 2.27. The lowest BCUT2D eigenvalue weighted by molar-refractivity contribution is 0.862. The summed E-state index contributed by atoms with van der Waals surface area (Å²) in [6, 6.07) is 16.4. The van der Waals surface area contributed by atoms with E-state index in [0.717, 1.165) is 33.4 Å². The van der Waals surface area contributed by atoms with Crippen molar-refractivity contribution >= 4 is 27.0 Å². The van der Waals surface area contributed by atoms with Crippen molar-refractivity contribution in [1.82, 2.24) is 9.55 Å². The van der Waals surface area contributed by atoms with E-state index >= 15 is 0 Å². The molecule has 0 radical (unpaired) electrons. The van der Waals surface area contributed by atoms with Gasteiger partial charge in [0, 0.05) is 16.6 Å². The average Bonchev–Trinajstić information content (AvgIpc) is 2.79. The van der Waals surface area contributed by atoms with Crippen LogP contribution in [-0.2, 0) is 6.54 Å². The zero-order valence-corrected chi connectivity index (χ0v) is 12.0. The molecule has 19 heavy (non-hydrogen) atoms. The highest BCUT2D eigenvalue weighted by molar-refractivity contribution is 9.10. The Labute approximate surface area is 120 Å². The second-order valence-electron chi connectivity index (χ2n) is 4.33. The van der Waals surface area contributed by atoms with E-state index in [2.05, 4.69) is 45.3 Å². The van der Waals surface area contributed by atoms with Crippen molar-refractivity contribution in [2.75, 3.05) is 0 Å². The number of nitrogens with zero attached hydrogens (tertiary/aromatic N) is 2. The Morgan fingerprint density at radius 2 is 2.00 bits per heavy atom. The number of hydrogen-bond donors (Lipinski definition) is 0. The van der Waals surface area contributed by atoms with Crippen LogP contribution in [0.5, 0.6) is 0 Å². The minimum absolute atomic E-state index is 0.752. The predicted octanol–water partition coefficient (Wildman–Crippen LogP) is 4.65. The van der Waals surface area contributed by atoms with Crippen molar-refractivity contribution < 1.29 is 0 Å². The molecule has 0 spiro atoms. The number of para-hydroxylation sites is 2. The molecule has 1 aromatic heterocycles. The van der Waals surface area contributed by atoms with Gasteiger partial charge in [-0.2, -0.15) is 0 Å². The first-order chi connectivity index (χ1) is 9.29. The highest BCUT2D eigenvalue weighted by Gasteiger charge is 2.11. The van der Waals surface area contributed by atoms with Gasteiger partial charge in [0.1, 0.15) is 5.82 Å². The third-order valence-corrected chi connectivity index (χ3v) is 3.54. The molecule has 0 unspecified atom stereocenters. The van der Waals surface area contributed by atoms with E-state index in [-0.39, 0.29) is 0 Å². The Kier molecular flexibility index (Phi) is 3.22. The molecular formula is C16H13BrN2. The first-order valence-electron chi connectivity index (χ1n) is 6.11. The van der Waals surface area contributed by atoms with Gasteiger partial charge in [-0.1, -0.05) is 46.3 Å². The highest BCUT2D eigenvalue weighted by Crippen LogP contribution is 2.26. The Morgan fingerprint density at radius 1 is 1.16 bits per heavy atom. The molecule has 1 heterocycles. The Hall–Kier alpha value is -1.87. The van der Waals surface area contributed by atoms with Gasteiger partial charge in [-0.15, -0.1) is 6.58 Å². The van der Waals surface area contributed by atoms with E-state index in [1.165, 1.54) is 0 Å². The largest absolute Gasteiger partial charge is 0.320 e. The molecule has 0 aliphatic rings. The van der Waals surface area contributed by atoms with Crippen LogP contribution in [0.15, 0.2) is 65.7 Å². The van der Waals surface area contributed by atoms with Crippen molar-refractivity contribution in [2.24, 2.45) is 0 Å². The summed E-state index contributed by atoms with van der Waals surface area (Å²) in [6.07, 6.45) is 1.90. The standard InChI is InChI=1S/C16H13BrN2/c1-2-10-19-15-9-4-3-8-14(15)18-16(19)12-6-5-7-13(17)11-12/h2-9,11H,1,10H2. The maximum atomic E-state index is 4.74. The average molecular weight is 313 g/mol. The number of hydrogen-bond acceptors (Lipinski definition) is 1. The fourth-order valence-corrected chi connectivity index (χ4v) is 2.64. The van der Waals surface area contributed by atoms with Crippen LogP contribution in [0.1, 0.15) is 0 Å². The normalized spacial score (nSPS) is 10.8. The maximum Gasteiger partial charge on any atom is 0.141 e. The monoisotopic (exact) mass is 312 g/mol. The quantitative estimate of drug-likeness (QED) is 0.644. The van der Waals surface area contributed by atoms with Crippen LogP contribution in [0.3, 0.4) is 0 Å². The van der Waals surface area contributed by atoms with Crippen molar-refractivity contribution in [3.05, 3.63) is 65.7 Å². The van der Waals surface area contributed by atoms with E-state index in [0.29, 0.717) is 0 Å². The number of fused-ring (bicyclic) bond motifs is 1. The lowest BCUT2D eigenvalue weighted by Crippen LogP contribution is -1.98. The van der Waals surface area contributed by atoms with E-state index in [1.807, 2.05) is 36.4 Å². The van der Waals surface area contributed by atoms with E-state index in [4.69, 9.17) is 4.98 Å². The summed E-state index contributed by atoms with van der Waals surface area (Å²) in [5, 5.41) is 0. The molecular weight excluding hydrogens is 300 g/mol. The molecule has 0 aliphatic heterocycles. The number of aromatic nitrogens is 2. The Bertz CT molecular complexity index is 743. The van der Waals surface area contributed by atoms with Gasteiger partial charge >= 0.3 is 0 Å². The topological polar surface area (TPSA) is 17.8 Å². The van der Waals surface area contributed by atoms with Gasteiger partial charge in [-0.05, 0) is 24.3 Å². The maximum absolute atomic E-state index is 4.74. The van der Waals surface area contributed by atoms with Crippen LogP contribution in [0.25, 0.3) is 22.4 Å². The number of halogens is 1. The molecule has 3 rings (SSSR count). The van der Waals surface area contributed by atoms with Gasteiger partial charge in [-0.3, -0.25) is 0 Å². The van der Waals surface area contributed by atoms with Crippen molar-refractivity contribution in [3.8, 4) is 11.4 Å². The molecule has 0 amide bonds. The molecule has 94 valence electrons. The molecule has 2 nitrogen and oxygen atoms in total. The summed E-state index contributed by atoms with van der Waals surface area (Å²) in [4.78, 5) is 4.74. The van der Waals surface area contributed by atoms with Gasteiger partial charge < -0.3 is 4.57 Å². The summed E-state index contributed by atoms with van der Waals surface area (Å²) in [6.45, 7) is 4.59. The second kappa shape index (κ2) is 5.02. The van der Waals surface area contributed by atoms with Crippen LogP contribution in [0, 0.1) is 0 Å². The molecule has 0 atom stereocenters. The SMILES string of the molecule is C=CCn1c(-c2cccc(Br)c2)nc2ccccc21. The first kappa shape index (κ1) is 12.2. The van der Waals surface area contributed by atoms with E-state index in [9.17, 15) is 0 Å². The van der Waals surface area contributed by atoms with Crippen LogP contribution >= 0.6 is 15.9 Å². The van der Waals surface area contributed by atoms with Crippen molar-refractivity contribution in [2.45, 2.75) is 6.54 Å². The van der Waals surface area contributed by atoms with Crippen LogP contribution in [0.2, 0.25) is 0 Å². The molecule has 0 saturated heterocycles. The predicted molar refractivity (Wildman–Crippen MR) is 83.1 cm³/mol. The Morgan fingerprint density at radius 3 is 2.79 bits per heavy atom. The smallest absolute Gasteiger partial charge is 0.141 e. The van der Waals surface area contributed by atoms with Crippen LogP contribution < -0.4 is 0 Å². The fraction of sp³-hybridized carbons (Fsp3) is 0.0625. The fourth-order valence-electron chi connectivity index (χ4n) is 2.24. The summed E-state index contributed by atoms with van der Waals surface area (Å²) < 4.78 is 3.24. The second-order valence-corrected chi connectivity index (χ2v) is 5.25. The van der Waals surface area contributed by atoms with E-state index in [1.54, 1.807) is 0 Å². The molecule has 2 aromatic carbocycles. The van der Waals surface area contributed by atoms with Gasteiger partial charge in [0.05, 0.1) is 11.0 Å². The highest BCUT2D eigenvalue weighted by atomic mass is 79.9. The van der Waals surface area contributed by atoms with Crippen LogP contribution in [-0.4, -0.2) is 9.55 Å². The zero-order valence-electron chi connectivity index (χ0n) is 10.4. The lowest BCUT2D eigenvalue weighted by Gasteiger charge is -2.06. The van der Waals surface area contributed by atoms with Gasteiger partial charge in [-0.25, -0.2) is 4.98 Å². The molecule has 0 aliphatic carbocycles. The molecule has 0 N–H and O–H groups in total. The lowest BCUT2D eigenvalue weighted by atomic mass is 10.2. The third kappa shape index (κ3) is 2.22. The van der Waals surface area contributed by atoms with Crippen molar-refractivity contribution in [1.29, 1.82) is 0 Å². The molecule has 0 bridgehead atoms. The number of benzene rings is 2. The molecule has 0 saturated carbocycles. The number of allylic oxidation sites excluding steroid dienone is 1. The van der Waals surface area contributed by atoms with E-state index < -0.39 is 0 Å². The van der Waals surface area contributed by atoms with Gasteiger partial charge in [0.15, 0.2) is 0 Å².